The third-order valence-electron chi connectivity index (χ3n) is 3.18. The molecule has 0 saturated carbocycles. The summed E-state index contributed by atoms with van der Waals surface area (Å²) in [4.78, 5) is 6.49. The zero-order valence-corrected chi connectivity index (χ0v) is 13.0. The summed E-state index contributed by atoms with van der Waals surface area (Å²) < 4.78 is 0. The first kappa shape index (κ1) is 16.3. The van der Waals surface area contributed by atoms with Gasteiger partial charge in [0.15, 0.2) is 5.96 Å². The molecule has 4 nitrogen and oxygen atoms in total. The lowest BCUT2D eigenvalue weighted by Gasteiger charge is -2.19. The van der Waals surface area contributed by atoms with Gasteiger partial charge in [-0.25, -0.2) is 0 Å². The molecule has 0 saturated heterocycles. The van der Waals surface area contributed by atoms with Crippen molar-refractivity contribution in [2.75, 3.05) is 38.6 Å². The molecule has 0 atom stereocenters. The Morgan fingerprint density at radius 2 is 1.80 bits per heavy atom. The number of anilines is 1. The molecule has 0 spiro atoms. The van der Waals surface area contributed by atoms with Gasteiger partial charge in [-0.05, 0) is 31.4 Å². The second-order valence-electron chi connectivity index (χ2n) is 4.89. The molecule has 20 heavy (non-hydrogen) atoms. The highest BCUT2D eigenvalue weighted by Gasteiger charge is 2.00. The Balaban J connectivity index is 2.13. The van der Waals surface area contributed by atoms with Crippen LogP contribution in [-0.4, -0.2) is 39.7 Å². The zero-order valence-electron chi connectivity index (χ0n) is 13.0. The summed E-state index contributed by atoms with van der Waals surface area (Å²) in [6, 6.07) is 10.5. The van der Waals surface area contributed by atoms with Crippen LogP contribution in [0.1, 0.15) is 26.2 Å². The number of rotatable bonds is 8. The van der Waals surface area contributed by atoms with E-state index in [2.05, 4.69) is 64.8 Å². The molecular weight excluding hydrogens is 248 g/mol. The smallest absolute Gasteiger partial charge is 0.190 e. The highest BCUT2D eigenvalue weighted by Crippen LogP contribution is 2.11. The van der Waals surface area contributed by atoms with Gasteiger partial charge in [0.25, 0.3) is 0 Å². The van der Waals surface area contributed by atoms with Gasteiger partial charge in [-0.1, -0.05) is 25.1 Å². The van der Waals surface area contributed by atoms with Gasteiger partial charge in [0.05, 0.1) is 0 Å². The number of guanidine groups is 1. The van der Waals surface area contributed by atoms with Crippen molar-refractivity contribution >= 4 is 11.6 Å². The highest BCUT2D eigenvalue weighted by molar-refractivity contribution is 5.79. The molecule has 0 amide bonds. The van der Waals surface area contributed by atoms with Gasteiger partial charge in [0, 0.05) is 39.4 Å². The van der Waals surface area contributed by atoms with Crippen molar-refractivity contribution in [3.63, 3.8) is 0 Å². The van der Waals surface area contributed by atoms with Crippen LogP contribution in [0, 0.1) is 0 Å². The summed E-state index contributed by atoms with van der Waals surface area (Å²) in [6.45, 7) is 5.16. The molecule has 4 heteroatoms. The second-order valence-corrected chi connectivity index (χ2v) is 4.89. The van der Waals surface area contributed by atoms with Crippen molar-refractivity contribution in [2.24, 2.45) is 4.99 Å². The third-order valence-corrected chi connectivity index (χ3v) is 3.18. The maximum absolute atomic E-state index is 4.19. The molecule has 0 bridgehead atoms. The lowest BCUT2D eigenvalue weighted by molar-refractivity contribution is 0.685. The van der Waals surface area contributed by atoms with Crippen molar-refractivity contribution in [3.05, 3.63) is 30.3 Å². The number of benzene rings is 1. The fourth-order valence-electron chi connectivity index (χ4n) is 1.96. The molecule has 0 radical (unpaired) electrons. The molecule has 0 aliphatic carbocycles. The van der Waals surface area contributed by atoms with E-state index >= 15 is 0 Å². The molecule has 0 fully saturated rings. The molecule has 112 valence electrons. The number of aliphatic imine (C=N–C) groups is 1. The van der Waals surface area contributed by atoms with Gasteiger partial charge in [-0.3, -0.25) is 4.99 Å². The van der Waals surface area contributed by atoms with Crippen LogP contribution < -0.4 is 15.5 Å². The molecule has 0 unspecified atom stereocenters. The Hall–Kier alpha value is -1.71. The van der Waals surface area contributed by atoms with Crippen molar-refractivity contribution in [3.8, 4) is 0 Å². The van der Waals surface area contributed by atoms with Gasteiger partial charge < -0.3 is 15.5 Å². The Bertz CT molecular complexity index is 375. The lowest BCUT2D eigenvalue weighted by atomic mass is 10.2. The van der Waals surface area contributed by atoms with E-state index in [1.54, 1.807) is 0 Å². The zero-order chi connectivity index (χ0) is 14.6. The van der Waals surface area contributed by atoms with E-state index in [1.807, 2.05) is 7.05 Å². The van der Waals surface area contributed by atoms with Gasteiger partial charge in [-0.2, -0.15) is 0 Å². The average molecular weight is 276 g/mol. The number of nitrogens with zero attached hydrogens (tertiary/aromatic N) is 2. The fraction of sp³-hybridized carbons (Fsp3) is 0.562. The summed E-state index contributed by atoms with van der Waals surface area (Å²) in [5, 5.41) is 6.61. The van der Waals surface area contributed by atoms with Crippen molar-refractivity contribution < 1.29 is 0 Å². The molecule has 0 heterocycles. The third kappa shape index (κ3) is 6.45. The number of hydrogen-bond acceptors (Lipinski definition) is 2. The first-order valence-corrected chi connectivity index (χ1v) is 7.48. The Morgan fingerprint density at radius 3 is 2.45 bits per heavy atom. The molecular formula is C16H28N4. The summed E-state index contributed by atoms with van der Waals surface area (Å²) in [6.07, 6.45) is 3.43. The van der Waals surface area contributed by atoms with E-state index in [4.69, 9.17) is 0 Å². The normalized spacial score (nSPS) is 11.2. The predicted molar refractivity (Wildman–Crippen MR) is 88.6 cm³/mol. The van der Waals surface area contributed by atoms with E-state index in [1.165, 1.54) is 12.1 Å². The standard InChI is InChI=1S/C16H28N4/c1-4-12-18-16(17-2)19-13-8-9-14-20(3)15-10-6-5-7-11-15/h5-7,10-11H,4,8-9,12-14H2,1-3H3,(H2,17,18,19). The topological polar surface area (TPSA) is 39.7 Å². The Morgan fingerprint density at radius 1 is 1.10 bits per heavy atom. The number of para-hydroxylation sites is 1. The van der Waals surface area contributed by atoms with Gasteiger partial charge in [0.2, 0.25) is 0 Å². The quantitative estimate of drug-likeness (QED) is 0.435. The van der Waals surface area contributed by atoms with Crippen LogP contribution in [0.3, 0.4) is 0 Å². The minimum Gasteiger partial charge on any atom is -0.375 e. The largest absolute Gasteiger partial charge is 0.375 e. The first-order valence-electron chi connectivity index (χ1n) is 7.48. The molecule has 0 aliphatic rings. The van der Waals surface area contributed by atoms with Crippen molar-refractivity contribution in [1.29, 1.82) is 0 Å². The molecule has 1 rings (SSSR count). The van der Waals surface area contributed by atoms with E-state index in [9.17, 15) is 0 Å². The molecule has 1 aromatic carbocycles. The fourth-order valence-corrected chi connectivity index (χ4v) is 1.96. The monoisotopic (exact) mass is 276 g/mol. The van der Waals surface area contributed by atoms with Crippen molar-refractivity contribution in [1.82, 2.24) is 10.6 Å². The van der Waals surface area contributed by atoms with Crippen LogP contribution in [0.5, 0.6) is 0 Å². The Kier molecular flexibility index (Phi) is 8.27. The first-order chi connectivity index (χ1) is 9.77. The molecule has 0 aliphatic heterocycles. The average Bonchev–Trinajstić information content (AvgIpc) is 2.50. The number of unbranched alkanes of at least 4 members (excludes halogenated alkanes) is 1. The Labute approximate surface area is 123 Å². The second kappa shape index (κ2) is 10.1. The van der Waals surface area contributed by atoms with Crippen LogP contribution in [0.2, 0.25) is 0 Å². The highest BCUT2D eigenvalue weighted by atomic mass is 15.2. The lowest BCUT2D eigenvalue weighted by Crippen LogP contribution is -2.38. The SMILES string of the molecule is CCCNC(=NC)NCCCCN(C)c1ccccc1. The summed E-state index contributed by atoms with van der Waals surface area (Å²) in [7, 11) is 3.96. The maximum Gasteiger partial charge on any atom is 0.190 e. The molecule has 2 N–H and O–H groups in total. The predicted octanol–water partition coefficient (Wildman–Crippen LogP) is 2.48. The molecule has 1 aromatic rings. The molecule has 0 aromatic heterocycles. The van der Waals surface area contributed by atoms with E-state index in [0.29, 0.717) is 0 Å². The van der Waals surface area contributed by atoms with Gasteiger partial charge in [0.1, 0.15) is 0 Å². The van der Waals surface area contributed by atoms with E-state index in [-0.39, 0.29) is 0 Å². The minimum atomic E-state index is 0.906. The number of hydrogen-bond donors (Lipinski definition) is 2. The minimum absolute atomic E-state index is 0.906. The summed E-state index contributed by atoms with van der Waals surface area (Å²) in [5.41, 5.74) is 1.28. The summed E-state index contributed by atoms with van der Waals surface area (Å²) >= 11 is 0. The van der Waals surface area contributed by atoms with Crippen LogP contribution >= 0.6 is 0 Å². The number of nitrogens with one attached hydrogen (secondary N) is 2. The van der Waals surface area contributed by atoms with Crippen LogP contribution in [0.25, 0.3) is 0 Å². The van der Waals surface area contributed by atoms with Crippen LogP contribution in [0.15, 0.2) is 35.3 Å². The van der Waals surface area contributed by atoms with Gasteiger partial charge in [-0.15, -0.1) is 0 Å². The van der Waals surface area contributed by atoms with Crippen LogP contribution in [0.4, 0.5) is 5.69 Å². The summed E-state index contributed by atoms with van der Waals surface area (Å²) in [5.74, 6) is 0.906. The van der Waals surface area contributed by atoms with Crippen LogP contribution in [-0.2, 0) is 0 Å². The van der Waals surface area contributed by atoms with Gasteiger partial charge >= 0.3 is 0 Å². The van der Waals surface area contributed by atoms with Crippen molar-refractivity contribution in [2.45, 2.75) is 26.2 Å². The maximum atomic E-state index is 4.19. The van der Waals surface area contributed by atoms with E-state index < -0.39 is 0 Å². The van der Waals surface area contributed by atoms with E-state index in [0.717, 1.165) is 38.4 Å².